The fourth-order valence-electron chi connectivity index (χ4n) is 15.4. The lowest BCUT2D eigenvalue weighted by Gasteiger charge is -2.37. The van der Waals surface area contributed by atoms with Crippen molar-refractivity contribution in [3.8, 4) is 5.75 Å². The Hall–Kier alpha value is -10.2. The highest BCUT2D eigenvalue weighted by molar-refractivity contribution is 6.00. The van der Waals surface area contributed by atoms with Crippen LogP contribution in [0.3, 0.4) is 0 Å². The number of ketones is 1. The number of fused-ring (bicyclic) bond motifs is 16. The molecule has 6 aliphatic heterocycles. The molecule has 7 heterocycles. The first-order chi connectivity index (χ1) is 54.7. The van der Waals surface area contributed by atoms with Gasteiger partial charge in [-0.1, -0.05) is 73.5 Å². The second-order valence-corrected chi connectivity index (χ2v) is 30.7. The highest BCUT2D eigenvalue weighted by Gasteiger charge is 2.50. The Balaban J connectivity index is 1.06. The van der Waals surface area contributed by atoms with Gasteiger partial charge in [-0.15, -0.1) is 0 Å². The summed E-state index contributed by atoms with van der Waals surface area (Å²) in [6.07, 6.45) is 1.11. The molecule has 0 aliphatic carbocycles. The molecule has 11 rings (SSSR count). The predicted molar refractivity (Wildman–Crippen MR) is 418 cm³/mol. The van der Waals surface area contributed by atoms with Crippen LogP contribution in [0.5, 0.6) is 5.75 Å². The summed E-state index contributed by atoms with van der Waals surface area (Å²) in [5, 5.41) is 34.2. The topological polar surface area (TPSA) is 376 Å². The summed E-state index contributed by atoms with van der Waals surface area (Å²) in [5.41, 5.74) is 2.50. The Bertz CT molecular complexity index is 4230. The Morgan fingerprint density at radius 3 is 2.19 bits per heavy atom. The van der Waals surface area contributed by atoms with Crippen LogP contribution in [0, 0.1) is 11.7 Å². The largest absolute Gasteiger partial charge is 0.497 e. The van der Waals surface area contributed by atoms with Gasteiger partial charge in [-0.25, -0.2) is 4.39 Å². The first-order valence-corrected chi connectivity index (χ1v) is 39.7. The zero-order valence-electron chi connectivity index (χ0n) is 66.0. The van der Waals surface area contributed by atoms with E-state index in [0.29, 0.717) is 91.6 Å². The Morgan fingerprint density at radius 2 is 1.45 bits per heavy atom. The van der Waals surface area contributed by atoms with Crippen LogP contribution in [0.4, 0.5) is 4.39 Å². The minimum absolute atomic E-state index is 0.0332. The number of hydrogen-bond acceptors (Lipinski definition) is 18. The number of nitrogens with one attached hydrogen (secondary N) is 8. The number of hydrogen-bond donors (Lipinski definition) is 9. The molecular formula is C83H110FN13O17. The maximum absolute atomic E-state index is 16.3. The number of halogens is 1. The number of rotatable bonds is 15. The van der Waals surface area contributed by atoms with E-state index >= 15 is 33.2 Å². The van der Waals surface area contributed by atoms with Gasteiger partial charge in [0, 0.05) is 108 Å². The van der Waals surface area contributed by atoms with Crippen LogP contribution in [0.1, 0.15) is 137 Å². The molecule has 0 radical (unpaired) electrons. The second-order valence-electron chi connectivity index (χ2n) is 30.7. The maximum atomic E-state index is 16.3. The molecule has 2 fully saturated rings. The number of nitrogens with zero attached hydrogens (tertiary/aromatic N) is 5. The van der Waals surface area contributed by atoms with Gasteiger partial charge < -0.3 is 90.8 Å². The lowest BCUT2D eigenvalue weighted by molar-refractivity contribution is -0.148. The number of aryl methyl sites for hydroxylation is 1. The number of carbonyl (C=O) groups excluding carboxylic acids is 12. The van der Waals surface area contributed by atoms with Crippen molar-refractivity contribution in [2.75, 3.05) is 93.5 Å². The van der Waals surface area contributed by atoms with Crippen molar-refractivity contribution in [3.05, 3.63) is 136 Å². The highest BCUT2D eigenvalue weighted by Crippen LogP contribution is 2.35. The molecule has 0 spiro atoms. The molecule has 11 amide bonds. The lowest BCUT2D eigenvalue weighted by Crippen LogP contribution is -2.61. The minimum atomic E-state index is -1.87. The smallest absolute Gasteiger partial charge is 0.250 e. The van der Waals surface area contributed by atoms with Crippen molar-refractivity contribution in [1.29, 1.82) is 0 Å². The van der Waals surface area contributed by atoms with Crippen LogP contribution < -0.4 is 47.3 Å². The molecule has 114 heavy (non-hydrogen) atoms. The van der Waals surface area contributed by atoms with Crippen molar-refractivity contribution in [1.82, 2.24) is 66.7 Å². The molecule has 616 valence electrons. The molecule has 2 saturated heterocycles. The molecule has 1 aromatic heterocycles. The Morgan fingerprint density at radius 1 is 0.711 bits per heavy atom. The van der Waals surface area contributed by atoms with Crippen LogP contribution in [0.2, 0.25) is 0 Å². The number of methoxy groups -OCH3 is 1. The summed E-state index contributed by atoms with van der Waals surface area (Å²) in [6, 6.07) is 15.2. The standard InChI is InChI=1S/C83H110FN13O17/c1-52-76(104)90-65(48-87-69(100)30-39-113-41-40-112-38-13-33-93(4)5)77(105)89-64-43-56-14-11-15-57(42-56)47-86-71(102)51-114-68-29-37-96-75(68)79(107)91-73(53(2)98)78(106)92-74(58-20-23-62(111-6)24-21-58)81(109)97-36-12-31-83(97,3)82(110)85-32-28-54-16-18-55(19-17-54)49-95(72(103)27-26-70(101)88-52)35-10-8-7-9-34-94-50-60(44-59(80(96)108)45-67(64)99)63-46-61(84)22-25-66(63)94/h11,14-25,42,46,50,52-53,59,64-65,68,73-75,98H,7-10,12-13,26-41,43-45,47-49,51H2,1-6H3,(H,85,110)(H,86,102)(H,87,100)(H,88,101)(H,89,105)(H,90,104)(H,91,107)(H,92,106)/t52-,53+,59+,64-,65+,68-,73-,74-,75-,83-/m0/s1. The highest BCUT2D eigenvalue weighted by atomic mass is 19.1. The van der Waals surface area contributed by atoms with E-state index in [1.807, 2.05) is 47.8 Å². The number of aliphatic hydroxyl groups excluding tert-OH is 1. The average molecular weight is 1580 g/mol. The van der Waals surface area contributed by atoms with Gasteiger partial charge >= 0.3 is 0 Å². The van der Waals surface area contributed by atoms with Crippen molar-refractivity contribution < 1.29 is 86.0 Å². The van der Waals surface area contributed by atoms with E-state index in [-0.39, 0.29) is 109 Å². The third-order valence-corrected chi connectivity index (χ3v) is 21.8. The summed E-state index contributed by atoms with van der Waals surface area (Å²) < 4.78 is 40.9. The lowest BCUT2D eigenvalue weighted by atomic mass is 9.88. The Labute approximate surface area is 663 Å². The van der Waals surface area contributed by atoms with Gasteiger partial charge in [0.05, 0.1) is 45.2 Å². The van der Waals surface area contributed by atoms with Gasteiger partial charge in [0.2, 0.25) is 59.1 Å². The van der Waals surface area contributed by atoms with E-state index in [4.69, 9.17) is 18.9 Å². The summed E-state index contributed by atoms with van der Waals surface area (Å²) in [7, 11) is 5.38. The van der Waals surface area contributed by atoms with Gasteiger partial charge in [0.15, 0.2) is 5.78 Å². The van der Waals surface area contributed by atoms with Crippen molar-refractivity contribution in [3.63, 3.8) is 0 Å². The predicted octanol–water partition coefficient (Wildman–Crippen LogP) is 2.89. The molecule has 31 heteroatoms. The summed E-state index contributed by atoms with van der Waals surface area (Å²) >= 11 is 0. The van der Waals surface area contributed by atoms with Crippen LogP contribution in [0.25, 0.3) is 10.9 Å². The van der Waals surface area contributed by atoms with Gasteiger partial charge in [0.1, 0.15) is 53.9 Å². The molecule has 0 saturated carbocycles. The van der Waals surface area contributed by atoms with Gasteiger partial charge in [0.25, 0.3) is 5.91 Å². The summed E-state index contributed by atoms with van der Waals surface area (Å²) in [4.78, 5) is 185. The molecule has 4 aromatic carbocycles. The average Bonchev–Trinajstić information content (AvgIpc) is 1.59. The molecule has 6 aliphatic rings. The van der Waals surface area contributed by atoms with Gasteiger partial charge in [-0.05, 0) is 163 Å². The zero-order valence-corrected chi connectivity index (χ0v) is 66.0. The molecule has 10 atom stereocenters. The first kappa shape index (κ1) is 86.2. The Kier molecular flexibility index (Phi) is 31.1. The number of benzene rings is 4. The maximum Gasteiger partial charge on any atom is 0.250 e. The number of amides is 11. The molecule has 0 unspecified atom stereocenters. The van der Waals surface area contributed by atoms with E-state index < -0.39 is 150 Å². The van der Waals surface area contributed by atoms with Gasteiger partial charge in [-0.3, -0.25) is 57.5 Å². The molecular weight excluding hydrogens is 1470 g/mol. The van der Waals surface area contributed by atoms with Crippen LogP contribution in [0.15, 0.2) is 97.2 Å². The first-order valence-electron chi connectivity index (χ1n) is 39.7. The number of ether oxygens (including phenoxy) is 4. The normalized spacial score (nSPS) is 24.6. The van der Waals surface area contributed by atoms with Crippen LogP contribution >= 0.6 is 0 Å². The van der Waals surface area contributed by atoms with E-state index in [0.717, 1.165) is 24.1 Å². The van der Waals surface area contributed by atoms with Crippen LogP contribution in [-0.4, -0.2) is 241 Å². The summed E-state index contributed by atoms with van der Waals surface area (Å²) in [6.45, 7) is 5.71. The molecule has 9 N–H and O–H groups in total. The fourth-order valence-corrected chi connectivity index (χ4v) is 15.4. The SMILES string of the molecule is COc1ccc([C@@H]2NC(=O)[C@H]([C@@H](C)O)NC(=O)[C@@H]3[C@@H]4CCN3C(=O)[C@H]3CC(=O)[C@H](Cc5cccc(c5)CNC(=O)CO4)NC(=O)[C@@H](CNC(=O)CCOCCOCCCN(C)C)NC(=O)[C@H](C)NC(=O)CCC(=O)N(CCCCCCn4cc(c5cc(F)ccc54)C3)Cc3ccc(cc3)CCNC(=O)[C@]3(C)CCCN3C2=O)cc1. The monoisotopic (exact) mass is 1580 g/mol. The number of aromatic nitrogens is 1. The van der Waals surface area contributed by atoms with E-state index in [9.17, 15) is 33.9 Å². The van der Waals surface area contributed by atoms with Crippen molar-refractivity contribution >= 4 is 81.7 Å². The number of carbonyl (C=O) groups is 12. The zero-order chi connectivity index (χ0) is 81.6. The number of aliphatic hydroxyl groups is 1. The third kappa shape index (κ3) is 23.5. The number of Topliss-reactive ketones (excluding diaryl/α,β-unsaturated/α-hetero) is 1. The fraction of sp³-hybridized carbons (Fsp3) is 0.542. The van der Waals surface area contributed by atoms with Gasteiger partial charge in [-0.2, -0.15) is 0 Å². The van der Waals surface area contributed by atoms with Crippen molar-refractivity contribution in [2.24, 2.45) is 5.92 Å². The molecule has 30 nitrogen and oxygen atoms in total. The van der Waals surface area contributed by atoms with Crippen LogP contribution in [-0.2, 0) is 111 Å². The quantitative estimate of drug-likeness (QED) is 0.0680. The molecule has 5 aromatic rings. The van der Waals surface area contributed by atoms with E-state index in [1.54, 1.807) is 72.6 Å². The minimum Gasteiger partial charge on any atom is -0.497 e. The van der Waals surface area contributed by atoms with Crippen molar-refractivity contribution in [2.45, 2.75) is 191 Å². The summed E-state index contributed by atoms with van der Waals surface area (Å²) in [5.74, 6) is -10.5. The van der Waals surface area contributed by atoms with E-state index in [2.05, 4.69) is 42.5 Å². The molecule has 12 bridgehead atoms. The van der Waals surface area contributed by atoms with E-state index in [1.165, 1.54) is 42.9 Å². The third-order valence-electron chi connectivity index (χ3n) is 21.8. The second kappa shape index (κ2) is 41.2.